The van der Waals surface area contributed by atoms with Crippen LogP contribution in [0.25, 0.3) is 0 Å². The number of benzene rings is 1. The van der Waals surface area contributed by atoms with Gasteiger partial charge in [-0.25, -0.2) is 0 Å². The molecule has 0 amide bonds. The summed E-state index contributed by atoms with van der Waals surface area (Å²) >= 11 is 0. The van der Waals surface area contributed by atoms with Crippen molar-refractivity contribution in [3.05, 3.63) is 30.3 Å². The number of para-hydroxylation sites is 1. The monoisotopic (exact) mass is 214 g/mol. The number of hydrogen-bond donors (Lipinski definition) is 2. The number of aliphatic hydroxyl groups excluding tert-OH is 2. The molecule has 86 valence electrons. The molecule has 0 radical (unpaired) electrons. The van der Waals surface area contributed by atoms with E-state index in [1.54, 1.807) is 7.11 Å². The maximum absolute atomic E-state index is 8.40. The maximum Gasteiger partial charge on any atom is 0.119 e. The first-order chi connectivity index (χ1) is 7.35. The zero-order valence-corrected chi connectivity index (χ0v) is 8.93. The first-order valence-electron chi connectivity index (χ1n) is 4.73. The highest BCUT2D eigenvalue weighted by Crippen LogP contribution is 2.06. The molecule has 0 aliphatic carbocycles. The van der Waals surface area contributed by atoms with Crippen LogP contribution in [0.1, 0.15) is 0 Å². The van der Waals surface area contributed by atoms with Gasteiger partial charge in [-0.1, -0.05) is 18.2 Å². The molecule has 0 saturated carbocycles. The summed E-state index contributed by atoms with van der Waals surface area (Å²) < 4.78 is 9.55. The zero-order chi connectivity index (χ0) is 11.4. The lowest BCUT2D eigenvalue weighted by atomic mass is 10.3. The average Bonchev–Trinajstić information content (AvgIpc) is 2.30. The van der Waals surface area contributed by atoms with E-state index in [9.17, 15) is 0 Å². The summed E-state index contributed by atoms with van der Waals surface area (Å²) in [5, 5.41) is 16.3. The van der Waals surface area contributed by atoms with Crippen LogP contribution in [0.5, 0.6) is 5.75 Å². The lowest BCUT2D eigenvalue weighted by Gasteiger charge is -2.01. The molecule has 0 spiro atoms. The quantitative estimate of drug-likeness (QED) is 0.757. The van der Waals surface area contributed by atoms with Gasteiger partial charge in [0.2, 0.25) is 0 Å². The normalized spacial score (nSPS) is 9.00. The minimum Gasteiger partial charge on any atom is -0.491 e. The maximum atomic E-state index is 8.40. The van der Waals surface area contributed by atoms with Gasteiger partial charge in [-0.15, -0.1) is 0 Å². The fourth-order valence-electron chi connectivity index (χ4n) is 0.772. The molecule has 1 aromatic carbocycles. The van der Waals surface area contributed by atoms with Crippen LogP contribution < -0.4 is 4.74 Å². The smallest absolute Gasteiger partial charge is 0.119 e. The molecule has 0 unspecified atom stereocenters. The summed E-state index contributed by atoms with van der Waals surface area (Å²) in [5.41, 5.74) is 0. The molecule has 0 fully saturated rings. The van der Waals surface area contributed by atoms with E-state index in [4.69, 9.17) is 14.9 Å². The lowest BCUT2D eigenvalue weighted by Crippen LogP contribution is -2.00. The number of ether oxygens (including phenoxy) is 2. The molecule has 2 N–H and O–H groups in total. The van der Waals surface area contributed by atoms with E-state index in [0.29, 0.717) is 13.2 Å². The van der Waals surface area contributed by atoms with E-state index < -0.39 is 0 Å². The van der Waals surface area contributed by atoms with Crippen molar-refractivity contribution in [1.82, 2.24) is 0 Å². The van der Waals surface area contributed by atoms with Crippen molar-refractivity contribution in [2.45, 2.75) is 0 Å². The van der Waals surface area contributed by atoms with E-state index >= 15 is 0 Å². The third-order valence-electron chi connectivity index (χ3n) is 1.40. The molecule has 0 heterocycles. The van der Waals surface area contributed by atoms with Gasteiger partial charge in [0.05, 0.1) is 19.8 Å². The van der Waals surface area contributed by atoms with Crippen molar-refractivity contribution in [2.24, 2.45) is 0 Å². The topological polar surface area (TPSA) is 58.9 Å². The summed E-state index contributed by atoms with van der Waals surface area (Å²) in [6.45, 7) is 0.995. The van der Waals surface area contributed by atoms with E-state index in [-0.39, 0.29) is 13.2 Å². The van der Waals surface area contributed by atoms with Crippen LogP contribution >= 0.6 is 0 Å². The van der Waals surface area contributed by atoms with Crippen LogP contribution in [0.3, 0.4) is 0 Å². The first kappa shape index (κ1) is 13.9. The Bertz CT molecular complexity index is 211. The highest BCUT2D eigenvalue weighted by Gasteiger charge is 1.86. The van der Waals surface area contributed by atoms with Crippen LogP contribution in [-0.2, 0) is 4.74 Å². The lowest BCUT2D eigenvalue weighted by molar-refractivity contribution is 0.135. The largest absolute Gasteiger partial charge is 0.491 e. The minimum atomic E-state index is 0.0644. The van der Waals surface area contributed by atoms with Crippen molar-refractivity contribution < 1.29 is 19.7 Å². The van der Waals surface area contributed by atoms with Crippen molar-refractivity contribution in [3.8, 4) is 5.75 Å². The Labute approximate surface area is 90.1 Å². The van der Waals surface area contributed by atoms with Gasteiger partial charge in [0.1, 0.15) is 12.4 Å². The SMILES string of the molecule is COCCO.OCCOc1ccccc1. The van der Waals surface area contributed by atoms with Crippen LogP contribution in [0.15, 0.2) is 30.3 Å². The van der Waals surface area contributed by atoms with Gasteiger partial charge in [-0.3, -0.25) is 0 Å². The van der Waals surface area contributed by atoms with E-state index in [0.717, 1.165) is 5.75 Å². The Balaban J connectivity index is 0.000000336. The molecule has 15 heavy (non-hydrogen) atoms. The molecular formula is C11H18O4. The predicted octanol–water partition coefficient (Wildman–Crippen LogP) is 0.683. The third-order valence-corrected chi connectivity index (χ3v) is 1.40. The second-order valence-corrected chi connectivity index (χ2v) is 2.60. The molecule has 1 rings (SSSR count). The second kappa shape index (κ2) is 11.0. The average molecular weight is 214 g/mol. The highest BCUT2D eigenvalue weighted by molar-refractivity contribution is 5.20. The van der Waals surface area contributed by atoms with Gasteiger partial charge < -0.3 is 19.7 Å². The summed E-state index contributed by atoms with van der Waals surface area (Å²) in [6.07, 6.45) is 0. The molecule has 1 aromatic rings. The standard InChI is InChI=1S/C8H10O2.C3H8O2/c9-6-7-10-8-4-2-1-3-5-8;1-5-3-2-4/h1-5,9H,6-7H2;4H,2-3H2,1H3. The number of rotatable bonds is 5. The fourth-order valence-corrected chi connectivity index (χ4v) is 0.772. The number of aliphatic hydroxyl groups is 2. The van der Waals surface area contributed by atoms with Crippen molar-refractivity contribution in [2.75, 3.05) is 33.5 Å². The Hall–Kier alpha value is -1.10. The predicted molar refractivity (Wildman–Crippen MR) is 58.0 cm³/mol. The van der Waals surface area contributed by atoms with E-state index in [1.807, 2.05) is 30.3 Å². The first-order valence-corrected chi connectivity index (χ1v) is 4.73. The summed E-state index contributed by atoms with van der Waals surface area (Å²) in [4.78, 5) is 0. The second-order valence-electron chi connectivity index (χ2n) is 2.60. The molecule has 0 bridgehead atoms. The van der Waals surface area contributed by atoms with Gasteiger partial charge in [-0.05, 0) is 12.1 Å². The van der Waals surface area contributed by atoms with Crippen molar-refractivity contribution in [1.29, 1.82) is 0 Å². The van der Waals surface area contributed by atoms with Crippen LogP contribution in [0.4, 0.5) is 0 Å². The number of hydrogen-bond acceptors (Lipinski definition) is 4. The van der Waals surface area contributed by atoms with Crippen LogP contribution in [0, 0.1) is 0 Å². The van der Waals surface area contributed by atoms with Gasteiger partial charge in [0.25, 0.3) is 0 Å². The molecule has 0 atom stereocenters. The number of methoxy groups -OCH3 is 1. The summed E-state index contributed by atoms with van der Waals surface area (Å²) in [7, 11) is 1.55. The minimum absolute atomic E-state index is 0.0644. The Morgan fingerprint density at radius 3 is 2.00 bits per heavy atom. The van der Waals surface area contributed by atoms with Gasteiger partial charge in [0, 0.05) is 7.11 Å². The fraction of sp³-hybridized carbons (Fsp3) is 0.455. The highest BCUT2D eigenvalue weighted by atomic mass is 16.5. The third kappa shape index (κ3) is 9.21. The zero-order valence-electron chi connectivity index (χ0n) is 8.93. The van der Waals surface area contributed by atoms with Gasteiger partial charge in [-0.2, -0.15) is 0 Å². The molecule has 0 aromatic heterocycles. The molecule has 0 saturated heterocycles. The molecule has 0 aliphatic heterocycles. The Morgan fingerprint density at radius 2 is 1.60 bits per heavy atom. The Morgan fingerprint density at radius 1 is 1.00 bits per heavy atom. The Kier molecular flexibility index (Phi) is 10.2. The van der Waals surface area contributed by atoms with E-state index in [2.05, 4.69) is 4.74 Å². The van der Waals surface area contributed by atoms with Crippen molar-refractivity contribution >= 4 is 0 Å². The van der Waals surface area contributed by atoms with E-state index in [1.165, 1.54) is 0 Å². The van der Waals surface area contributed by atoms with Gasteiger partial charge >= 0.3 is 0 Å². The summed E-state index contributed by atoms with van der Waals surface area (Å²) in [6, 6.07) is 9.43. The molecule has 4 nitrogen and oxygen atoms in total. The van der Waals surface area contributed by atoms with Crippen LogP contribution in [0.2, 0.25) is 0 Å². The molecular weight excluding hydrogens is 196 g/mol. The molecule has 4 heteroatoms. The summed E-state index contributed by atoms with van der Waals surface area (Å²) in [5.74, 6) is 0.802. The van der Waals surface area contributed by atoms with Crippen LogP contribution in [-0.4, -0.2) is 43.8 Å². The molecule has 0 aliphatic rings. The van der Waals surface area contributed by atoms with Crippen molar-refractivity contribution in [3.63, 3.8) is 0 Å². The van der Waals surface area contributed by atoms with Gasteiger partial charge in [0.15, 0.2) is 0 Å².